The summed E-state index contributed by atoms with van der Waals surface area (Å²) in [6, 6.07) is 6.88. The van der Waals surface area contributed by atoms with Crippen molar-refractivity contribution in [3.63, 3.8) is 0 Å². The van der Waals surface area contributed by atoms with Gasteiger partial charge in [-0.2, -0.15) is 0 Å². The van der Waals surface area contributed by atoms with E-state index in [2.05, 4.69) is 0 Å². The molecule has 2 rings (SSSR count). The Kier molecular flexibility index (Phi) is 2.14. The van der Waals surface area contributed by atoms with Crippen LogP contribution in [0, 0.1) is 0 Å². The third kappa shape index (κ3) is 1.45. The zero-order chi connectivity index (χ0) is 10.2. The molecule has 0 unspecified atom stereocenters. The number of hydrogen-bond donors (Lipinski definition) is 0. The molecule has 2 heteroatoms. The van der Waals surface area contributed by atoms with Gasteiger partial charge in [-0.25, -0.2) is 4.39 Å². The number of rotatable bonds is 2. The van der Waals surface area contributed by atoms with Gasteiger partial charge in [0.15, 0.2) is 5.78 Å². The number of alkyl halides is 1. The maximum absolute atomic E-state index is 13.9. The molecule has 0 aliphatic heterocycles. The molecule has 0 spiro atoms. The summed E-state index contributed by atoms with van der Waals surface area (Å²) in [4.78, 5) is 11.0. The van der Waals surface area contributed by atoms with Crippen LogP contribution >= 0.6 is 0 Å². The third-order valence-corrected chi connectivity index (χ3v) is 2.95. The number of carbonyl (C=O) groups is 1. The lowest BCUT2D eigenvalue weighted by atomic mass is 9.76. The van der Waals surface area contributed by atoms with Crippen molar-refractivity contribution in [3.05, 3.63) is 35.4 Å². The molecule has 0 amide bonds. The van der Waals surface area contributed by atoms with Crippen molar-refractivity contribution in [2.75, 3.05) is 0 Å². The molecule has 0 saturated heterocycles. The zero-order valence-corrected chi connectivity index (χ0v) is 8.22. The molecule has 1 aromatic carbocycles. The first-order valence-corrected chi connectivity index (χ1v) is 4.92. The smallest absolute Gasteiger partial charge is 0.159 e. The van der Waals surface area contributed by atoms with Crippen LogP contribution in [-0.4, -0.2) is 5.78 Å². The molecule has 0 atom stereocenters. The highest BCUT2D eigenvalue weighted by atomic mass is 19.1. The Balaban J connectivity index is 2.25. The van der Waals surface area contributed by atoms with Gasteiger partial charge >= 0.3 is 0 Å². The van der Waals surface area contributed by atoms with E-state index in [-0.39, 0.29) is 5.78 Å². The standard InChI is InChI=1S/C12H13FO/c1-9(14)10-3-5-11(6-4-10)12(13)7-2-8-12/h3-6H,2,7-8H2,1H3. The van der Waals surface area contributed by atoms with Crippen LogP contribution in [0.3, 0.4) is 0 Å². The molecule has 0 heterocycles. The first-order valence-electron chi connectivity index (χ1n) is 4.92. The molecule has 1 aliphatic carbocycles. The Morgan fingerprint density at radius 1 is 1.29 bits per heavy atom. The summed E-state index contributed by atoms with van der Waals surface area (Å²) in [5.74, 6) is 0.0260. The van der Waals surface area contributed by atoms with E-state index in [1.165, 1.54) is 6.92 Å². The number of benzene rings is 1. The Labute approximate surface area is 82.9 Å². The van der Waals surface area contributed by atoms with Gasteiger partial charge in [0.1, 0.15) is 5.67 Å². The Bertz CT molecular complexity index is 349. The summed E-state index contributed by atoms with van der Waals surface area (Å²) in [7, 11) is 0. The summed E-state index contributed by atoms with van der Waals surface area (Å²) in [5.41, 5.74) is 0.250. The third-order valence-electron chi connectivity index (χ3n) is 2.95. The van der Waals surface area contributed by atoms with E-state index < -0.39 is 5.67 Å². The number of halogens is 1. The maximum atomic E-state index is 13.9. The van der Waals surface area contributed by atoms with E-state index in [1.807, 2.05) is 0 Å². The molecule has 0 bridgehead atoms. The van der Waals surface area contributed by atoms with Gasteiger partial charge < -0.3 is 0 Å². The molecule has 0 aromatic heterocycles. The molecular weight excluding hydrogens is 179 g/mol. The van der Waals surface area contributed by atoms with Crippen LogP contribution < -0.4 is 0 Å². The van der Waals surface area contributed by atoms with E-state index >= 15 is 0 Å². The lowest BCUT2D eigenvalue weighted by molar-refractivity contribution is 0.0608. The van der Waals surface area contributed by atoms with E-state index in [9.17, 15) is 9.18 Å². The largest absolute Gasteiger partial charge is 0.295 e. The van der Waals surface area contributed by atoms with Crippen LogP contribution in [-0.2, 0) is 5.67 Å². The van der Waals surface area contributed by atoms with E-state index in [4.69, 9.17) is 0 Å². The topological polar surface area (TPSA) is 17.1 Å². The van der Waals surface area contributed by atoms with Crippen molar-refractivity contribution in [1.29, 1.82) is 0 Å². The number of hydrogen-bond acceptors (Lipinski definition) is 1. The summed E-state index contributed by atoms with van der Waals surface area (Å²) >= 11 is 0. The van der Waals surface area contributed by atoms with Gasteiger partial charge in [0, 0.05) is 5.56 Å². The highest BCUT2D eigenvalue weighted by Crippen LogP contribution is 2.44. The number of Topliss-reactive ketones (excluding diaryl/α,β-unsaturated/α-hetero) is 1. The van der Waals surface area contributed by atoms with Gasteiger partial charge in [-0.1, -0.05) is 24.3 Å². The van der Waals surface area contributed by atoms with Crippen LogP contribution in [0.2, 0.25) is 0 Å². The highest BCUT2D eigenvalue weighted by Gasteiger charge is 2.38. The number of ketones is 1. The Morgan fingerprint density at radius 3 is 2.21 bits per heavy atom. The molecule has 1 nitrogen and oxygen atoms in total. The fourth-order valence-electron chi connectivity index (χ4n) is 1.78. The van der Waals surface area contributed by atoms with E-state index in [0.717, 1.165) is 6.42 Å². The molecule has 0 N–H and O–H groups in total. The highest BCUT2D eigenvalue weighted by molar-refractivity contribution is 5.94. The van der Waals surface area contributed by atoms with Crippen molar-refractivity contribution in [1.82, 2.24) is 0 Å². The molecule has 1 fully saturated rings. The first-order chi connectivity index (χ1) is 6.62. The molecule has 74 valence electrons. The molecule has 1 saturated carbocycles. The van der Waals surface area contributed by atoms with Crippen molar-refractivity contribution in [2.24, 2.45) is 0 Å². The minimum absolute atomic E-state index is 0.0260. The first kappa shape index (κ1) is 9.38. The zero-order valence-electron chi connectivity index (χ0n) is 8.22. The van der Waals surface area contributed by atoms with Gasteiger partial charge in [-0.05, 0) is 31.7 Å². The monoisotopic (exact) mass is 192 g/mol. The Hall–Kier alpha value is -1.18. The van der Waals surface area contributed by atoms with E-state index in [0.29, 0.717) is 24.0 Å². The van der Waals surface area contributed by atoms with Gasteiger partial charge in [0.2, 0.25) is 0 Å². The average molecular weight is 192 g/mol. The predicted octanol–water partition coefficient (Wildman–Crippen LogP) is 3.24. The van der Waals surface area contributed by atoms with Gasteiger partial charge in [0.05, 0.1) is 0 Å². The fraction of sp³-hybridized carbons (Fsp3) is 0.417. The molecule has 0 radical (unpaired) electrons. The van der Waals surface area contributed by atoms with Crippen molar-refractivity contribution < 1.29 is 9.18 Å². The normalized spacial score (nSPS) is 18.7. The van der Waals surface area contributed by atoms with Crippen LogP contribution in [0.4, 0.5) is 4.39 Å². The fourth-order valence-corrected chi connectivity index (χ4v) is 1.78. The summed E-state index contributed by atoms with van der Waals surface area (Å²) in [6.07, 6.45) is 2.20. The molecular formula is C12H13FO. The lowest BCUT2D eigenvalue weighted by Crippen LogP contribution is -2.28. The van der Waals surface area contributed by atoms with Gasteiger partial charge in [-0.3, -0.25) is 4.79 Å². The minimum Gasteiger partial charge on any atom is -0.295 e. The van der Waals surface area contributed by atoms with Crippen molar-refractivity contribution in [2.45, 2.75) is 31.9 Å². The predicted molar refractivity (Wildman–Crippen MR) is 53.1 cm³/mol. The second kappa shape index (κ2) is 3.19. The SMILES string of the molecule is CC(=O)c1ccc(C2(F)CCC2)cc1. The quantitative estimate of drug-likeness (QED) is 0.657. The molecule has 14 heavy (non-hydrogen) atoms. The second-order valence-corrected chi connectivity index (χ2v) is 3.95. The summed E-state index contributed by atoms with van der Waals surface area (Å²) in [5, 5.41) is 0. The molecule has 1 aromatic rings. The van der Waals surface area contributed by atoms with Gasteiger partial charge in [0.25, 0.3) is 0 Å². The number of carbonyl (C=O) groups excluding carboxylic acids is 1. The van der Waals surface area contributed by atoms with Crippen LogP contribution in [0.25, 0.3) is 0 Å². The van der Waals surface area contributed by atoms with Crippen LogP contribution in [0.5, 0.6) is 0 Å². The Morgan fingerprint density at radius 2 is 1.86 bits per heavy atom. The minimum atomic E-state index is -1.12. The summed E-state index contributed by atoms with van der Waals surface area (Å²) in [6.45, 7) is 1.52. The van der Waals surface area contributed by atoms with Gasteiger partial charge in [-0.15, -0.1) is 0 Å². The summed E-state index contributed by atoms with van der Waals surface area (Å²) < 4.78 is 13.9. The van der Waals surface area contributed by atoms with Crippen molar-refractivity contribution in [3.8, 4) is 0 Å². The molecule has 1 aliphatic rings. The van der Waals surface area contributed by atoms with Crippen LogP contribution in [0.15, 0.2) is 24.3 Å². The maximum Gasteiger partial charge on any atom is 0.159 e. The average Bonchev–Trinajstić information content (AvgIpc) is 2.14. The lowest BCUT2D eigenvalue weighted by Gasteiger charge is -2.34. The van der Waals surface area contributed by atoms with Crippen LogP contribution in [0.1, 0.15) is 42.1 Å². The second-order valence-electron chi connectivity index (χ2n) is 3.95. The van der Waals surface area contributed by atoms with Crippen molar-refractivity contribution >= 4 is 5.78 Å². The van der Waals surface area contributed by atoms with E-state index in [1.54, 1.807) is 24.3 Å².